The van der Waals surface area contributed by atoms with Crippen LogP contribution in [0.1, 0.15) is 11.1 Å². The minimum Gasteiger partial charge on any atom is -0.489 e. The molecule has 3 aromatic carbocycles. The lowest BCUT2D eigenvalue weighted by molar-refractivity contribution is 0.258. The fraction of sp³-hybridized carbons (Fsp3) is 0.136. The summed E-state index contributed by atoms with van der Waals surface area (Å²) in [7, 11) is 1.69. The van der Waals surface area contributed by atoms with E-state index in [-0.39, 0.29) is 11.8 Å². The van der Waals surface area contributed by atoms with Crippen LogP contribution >= 0.6 is 0 Å². The topological polar surface area (TPSA) is 41.6 Å². The first-order chi connectivity index (χ1) is 13.0. The lowest BCUT2D eigenvalue weighted by Gasteiger charge is -2.21. The number of carbonyl (C=O) groups excluding carboxylic acids is 1. The fourth-order valence-electron chi connectivity index (χ4n) is 2.68. The average Bonchev–Trinajstić information content (AvgIpc) is 2.68. The number of anilines is 2. The van der Waals surface area contributed by atoms with Gasteiger partial charge in [0.2, 0.25) is 0 Å². The van der Waals surface area contributed by atoms with Crippen molar-refractivity contribution in [3.8, 4) is 5.75 Å². The Balaban J connectivity index is 1.65. The van der Waals surface area contributed by atoms with Gasteiger partial charge in [0.25, 0.3) is 0 Å². The number of nitrogens with zero attached hydrogens (tertiary/aromatic N) is 1. The van der Waals surface area contributed by atoms with Crippen LogP contribution in [-0.4, -0.2) is 13.1 Å². The molecule has 1 N–H and O–H groups in total. The molecule has 0 bridgehead atoms. The predicted octanol–water partition coefficient (Wildman–Crippen LogP) is 5.38. The summed E-state index contributed by atoms with van der Waals surface area (Å²) in [6, 6.07) is 20.9. The number of nitrogens with one attached hydrogen (secondary N) is 1. The lowest BCUT2D eigenvalue weighted by atomic mass is 10.1. The van der Waals surface area contributed by atoms with Crippen LogP contribution in [0.2, 0.25) is 0 Å². The van der Waals surface area contributed by atoms with Crippen LogP contribution in [0.5, 0.6) is 5.75 Å². The lowest BCUT2D eigenvalue weighted by Crippen LogP contribution is -2.31. The molecule has 0 fully saturated rings. The molecule has 0 aromatic heterocycles. The van der Waals surface area contributed by atoms with Gasteiger partial charge in [0.15, 0.2) is 0 Å². The Morgan fingerprint density at radius 1 is 1.04 bits per heavy atom. The summed E-state index contributed by atoms with van der Waals surface area (Å²) in [5.41, 5.74) is 3.31. The van der Waals surface area contributed by atoms with E-state index in [9.17, 15) is 9.18 Å². The minimum atomic E-state index is -0.344. The first kappa shape index (κ1) is 18.5. The van der Waals surface area contributed by atoms with Crippen molar-refractivity contribution in [3.63, 3.8) is 0 Å². The summed E-state index contributed by atoms with van der Waals surface area (Å²) < 4.78 is 18.8. The van der Waals surface area contributed by atoms with E-state index in [0.29, 0.717) is 12.3 Å². The van der Waals surface area contributed by atoms with E-state index in [1.54, 1.807) is 7.05 Å². The molecule has 0 aliphatic heterocycles. The number of rotatable bonds is 5. The molecule has 0 spiro atoms. The zero-order valence-corrected chi connectivity index (χ0v) is 15.3. The molecule has 0 saturated carbocycles. The number of hydrogen-bond donors (Lipinski definition) is 1. The van der Waals surface area contributed by atoms with Crippen molar-refractivity contribution < 1.29 is 13.9 Å². The smallest absolute Gasteiger partial charge is 0.326 e. The van der Waals surface area contributed by atoms with Crippen LogP contribution in [0.15, 0.2) is 72.8 Å². The molecule has 0 atom stereocenters. The molecule has 2 amide bonds. The summed E-state index contributed by atoms with van der Waals surface area (Å²) in [6.07, 6.45) is 0. The molecule has 0 unspecified atom stereocenters. The molecular weight excluding hydrogens is 343 g/mol. The van der Waals surface area contributed by atoms with E-state index < -0.39 is 0 Å². The van der Waals surface area contributed by atoms with E-state index in [2.05, 4.69) is 5.32 Å². The maximum absolute atomic E-state index is 13.0. The van der Waals surface area contributed by atoms with E-state index in [1.807, 2.05) is 55.5 Å². The van der Waals surface area contributed by atoms with Crippen molar-refractivity contribution in [2.45, 2.75) is 13.5 Å². The van der Waals surface area contributed by atoms with Gasteiger partial charge in [-0.2, -0.15) is 0 Å². The zero-order chi connectivity index (χ0) is 19.2. The van der Waals surface area contributed by atoms with E-state index in [0.717, 1.165) is 22.6 Å². The monoisotopic (exact) mass is 364 g/mol. The number of ether oxygens (including phenoxy) is 1. The summed E-state index contributed by atoms with van der Waals surface area (Å²) in [5, 5.41) is 2.74. The third-order valence-corrected chi connectivity index (χ3v) is 4.18. The molecule has 3 aromatic rings. The molecule has 0 aliphatic rings. The Labute approximate surface area is 158 Å². The number of hydrogen-bond acceptors (Lipinski definition) is 2. The molecule has 138 valence electrons. The summed E-state index contributed by atoms with van der Waals surface area (Å²) >= 11 is 0. The molecule has 4 nitrogen and oxygen atoms in total. The molecule has 0 aliphatic carbocycles. The van der Waals surface area contributed by atoms with Crippen LogP contribution in [0.3, 0.4) is 0 Å². The zero-order valence-electron chi connectivity index (χ0n) is 15.3. The number of aryl methyl sites for hydroxylation is 1. The van der Waals surface area contributed by atoms with Gasteiger partial charge in [0.05, 0.1) is 0 Å². The quantitative estimate of drug-likeness (QED) is 0.660. The van der Waals surface area contributed by atoms with Gasteiger partial charge >= 0.3 is 6.03 Å². The summed E-state index contributed by atoms with van der Waals surface area (Å²) in [4.78, 5) is 13.9. The average molecular weight is 364 g/mol. The van der Waals surface area contributed by atoms with Crippen molar-refractivity contribution in [2.75, 3.05) is 17.3 Å². The van der Waals surface area contributed by atoms with Crippen LogP contribution in [-0.2, 0) is 6.61 Å². The highest BCUT2D eigenvalue weighted by Crippen LogP contribution is 2.25. The van der Waals surface area contributed by atoms with Gasteiger partial charge in [-0.3, -0.25) is 4.90 Å². The Morgan fingerprint density at radius 2 is 1.74 bits per heavy atom. The molecule has 27 heavy (non-hydrogen) atoms. The van der Waals surface area contributed by atoms with Gasteiger partial charge in [-0.05, 0) is 60.5 Å². The van der Waals surface area contributed by atoms with E-state index in [1.165, 1.54) is 29.2 Å². The minimum absolute atomic E-state index is 0.303. The highest BCUT2D eigenvalue weighted by molar-refractivity contribution is 6.01. The second-order valence-electron chi connectivity index (χ2n) is 6.22. The van der Waals surface area contributed by atoms with Crippen LogP contribution in [0, 0.1) is 12.7 Å². The standard InChI is InChI=1S/C22H21FN2O2/c1-16-14-20(27-15-17-6-4-3-5-7-17)12-13-21(16)25(2)22(26)24-19-10-8-18(23)9-11-19/h3-14H,15H2,1-2H3,(H,24,26). The number of benzene rings is 3. The van der Waals surface area contributed by atoms with Crippen LogP contribution in [0.25, 0.3) is 0 Å². The maximum Gasteiger partial charge on any atom is 0.326 e. The van der Waals surface area contributed by atoms with Gasteiger partial charge in [0, 0.05) is 18.4 Å². The van der Waals surface area contributed by atoms with Crippen molar-refractivity contribution >= 4 is 17.4 Å². The van der Waals surface area contributed by atoms with Crippen molar-refractivity contribution in [3.05, 3.63) is 89.7 Å². The second-order valence-corrected chi connectivity index (χ2v) is 6.22. The molecule has 5 heteroatoms. The van der Waals surface area contributed by atoms with Gasteiger partial charge in [0.1, 0.15) is 18.2 Å². The molecule has 0 heterocycles. The van der Waals surface area contributed by atoms with Crippen molar-refractivity contribution in [2.24, 2.45) is 0 Å². The highest BCUT2D eigenvalue weighted by atomic mass is 19.1. The Kier molecular flexibility index (Phi) is 5.71. The molecule has 3 rings (SSSR count). The van der Waals surface area contributed by atoms with E-state index in [4.69, 9.17) is 4.74 Å². The van der Waals surface area contributed by atoms with Crippen LogP contribution < -0.4 is 15.0 Å². The SMILES string of the molecule is Cc1cc(OCc2ccccc2)ccc1N(C)C(=O)Nc1ccc(F)cc1. The molecule has 0 radical (unpaired) electrons. The Morgan fingerprint density at radius 3 is 2.41 bits per heavy atom. The number of amides is 2. The second kappa shape index (κ2) is 8.36. The van der Waals surface area contributed by atoms with Crippen molar-refractivity contribution in [1.29, 1.82) is 0 Å². The van der Waals surface area contributed by atoms with Gasteiger partial charge in [-0.1, -0.05) is 30.3 Å². The van der Waals surface area contributed by atoms with Gasteiger partial charge < -0.3 is 10.1 Å². The summed E-state index contributed by atoms with van der Waals surface area (Å²) in [5.74, 6) is 0.399. The largest absolute Gasteiger partial charge is 0.489 e. The molecular formula is C22H21FN2O2. The fourth-order valence-corrected chi connectivity index (χ4v) is 2.68. The number of halogens is 1. The predicted molar refractivity (Wildman–Crippen MR) is 106 cm³/mol. The Hall–Kier alpha value is -3.34. The normalized spacial score (nSPS) is 10.3. The first-order valence-corrected chi connectivity index (χ1v) is 8.60. The summed E-state index contributed by atoms with van der Waals surface area (Å²) in [6.45, 7) is 2.41. The van der Waals surface area contributed by atoms with Crippen molar-refractivity contribution in [1.82, 2.24) is 0 Å². The highest BCUT2D eigenvalue weighted by Gasteiger charge is 2.14. The third-order valence-electron chi connectivity index (χ3n) is 4.18. The van der Waals surface area contributed by atoms with E-state index >= 15 is 0 Å². The third kappa shape index (κ3) is 4.85. The number of urea groups is 1. The van der Waals surface area contributed by atoms with Gasteiger partial charge in [-0.15, -0.1) is 0 Å². The number of carbonyl (C=O) groups is 1. The molecule has 0 saturated heterocycles. The maximum atomic E-state index is 13.0. The van der Waals surface area contributed by atoms with Gasteiger partial charge in [-0.25, -0.2) is 9.18 Å². The Bertz CT molecular complexity index is 911. The first-order valence-electron chi connectivity index (χ1n) is 8.60. The van der Waals surface area contributed by atoms with Crippen LogP contribution in [0.4, 0.5) is 20.6 Å².